The molecule has 0 saturated heterocycles. The second-order valence-electron chi connectivity index (χ2n) is 6.44. The van der Waals surface area contributed by atoms with E-state index >= 15 is 0 Å². The van der Waals surface area contributed by atoms with Crippen molar-refractivity contribution in [2.45, 2.75) is 26.7 Å². The standard InChI is InChI=1S/C22H23N3O2/c1-16-15-20(17(2)25(16)19-11-7-4-8-12-19)22(27)24-23-21(26)14-13-18-9-5-3-6-10-18/h3-12,15H,13-14H2,1-2H3,(H,23,26)(H,24,27). The summed E-state index contributed by atoms with van der Waals surface area (Å²) in [5.41, 5.74) is 9.43. The highest BCUT2D eigenvalue weighted by molar-refractivity contribution is 5.97. The third-order valence-corrected chi connectivity index (χ3v) is 4.49. The van der Waals surface area contributed by atoms with Gasteiger partial charge in [-0.3, -0.25) is 20.4 Å². The minimum atomic E-state index is -0.321. The molecule has 1 aromatic heterocycles. The van der Waals surface area contributed by atoms with Gasteiger partial charge < -0.3 is 4.57 Å². The normalized spacial score (nSPS) is 10.4. The molecule has 0 unspecified atom stereocenters. The lowest BCUT2D eigenvalue weighted by Crippen LogP contribution is -2.41. The Hall–Kier alpha value is -3.34. The molecule has 0 aliphatic heterocycles. The third-order valence-electron chi connectivity index (χ3n) is 4.49. The van der Waals surface area contributed by atoms with Crippen molar-refractivity contribution in [2.75, 3.05) is 0 Å². The lowest BCUT2D eigenvalue weighted by atomic mass is 10.1. The van der Waals surface area contributed by atoms with Crippen LogP contribution in [0.5, 0.6) is 0 Å². The maximum absolute atomic E-state index is 12.5. The van der Waals surface area contributed by atoms with E-state index in [1.54, 1.807) is 0 Å². The summed E-state index contributed by atoms with van der Waals surface area (Å²) in [5, 5.41) is 0. The number of carbonyl (C=O) groups excluding carboxylic acids is 2. The summed E-state index contributed by atoms with van der Waals surface area (Å²) in [4.78, 5) is 24.5. The average Bonchev–Trinajstić information content (AvgIpc) is 3.00. The molecule has 3 rings (SSSR count). The third kappa shape index (κ3) is 4.44. The van der Waals surface area contributed by atoms with Gasteiger partial charge in [0.05, 0.1) is 5.56 Å². The van der Waals surface area contributed by atoms with Crippen LogP contribution in [-0.2, 0) is 11.2 Å². The van der Waals surface area contributed by atoms with Crippen LogP contribution in [0.1, 0.15) is 33.7 Å². The minimum absolute atomic E-state index is 0.218. The van der Waals surface area contributed by atoms with Gasteiger partial charge in [0.1, 0.15) is 0 Å². The van der Waals surface area contributed by atoms with Gasteiger partial charge in [0, 0.05) is 23.5 Å². The van der Waals surface area contributed by atoms with Crippen LogP contribution in [0.3, 0.4) is 0 Å². The zero-order valence-corrected chi connectivity index (χ0v) is 15.5. The van der Waals surface area contributed by atoms with E-state index in [1.807, 2.05) is 85.1 Å². The largest absolute Gasteiger partial charge is 0.318 e. The lowest BCUT2D eigenvalue weighted by molar-refractivity contribution is -0.121. The van der Waals surface area contributed by atoms with Crippen LogP contribution >= 0.6 is 0 Å². The Bertz CT molecular complexity index is 931. The maximum atomic E-state index is 12.5. The summed E-state index contributed by atoms with van der Waals surface area (Å²) < 4.78 is 2.02. The number of nitrogens with zero attached hydrogens (tertiary/aromatic N) is 1. The Morgan fingerprint density at radius 3 is 2.19 bits per heavy atom. The molecule has 0 spiro atoms. The van der Waals surface area contributed by atoms with Crippen molar-refractivity contribution in [3.8, 4) is 5.69 Å². The lowest BCUT2D eigenvalue weighted by Gasteiger charge is -2.10. The van der Waals surface area contributed by atoms with E-state index in [0.29, 0.717) is 18.4 Å². The van der Waals surface area contributed by atoms with Gasteiger partial charge in [-0.25, -0.2) is 0 Å². The van der Waals surface area contributed by atoms with E-state index in [0.717, 1.165) is 22.6 Å². The number of hydrogen-bond donors (Lipinski definition) is 2. The molecule has 1 heterocycles. The van der Waals surface area contributed by atoms with Crippen molar-refractivity contribution >= 4 is 11.8 Å². The Labute approximate surface area is 159 Å². The molecule has 5 nitrogen and oxygen atoms in total. The van der Waals surface area contributed by atoms with E-state index < -0.39 is 0 Å². The molecule has 2 N–H and O–H groups in total. The highest BCUT2D eigenvalue weighted by atomic mass is 16.2. The van der Waals surface area contributed by atoms with Crippen LogP contribution in [0.2, 0.25) is 0 Å². The van der Waals surface area contributed by atoms with Gasteiger partial charge in [-0.15, -0.1) is 0 Å². The smallest absolute Gasteiger partial charge is 0.271 e. The topological polar surface area (TPSA) is 63.1 Å². The van der Waals surface area contributed by atoms with Crippen molar-refractivity contribution in [3.63, 3.8) is 0 Å². The number of rotatable bonds is 5. The van der Waals surface area contributed by atoms with Crippen LogP contribution in [0.15, 0.2) is 66.7 Å². The summed E-state index contributed by atoms with van der Waals surface area (Å²) >= 11 is 0. The van der Waals surface area contributed by atoms with Gasteiger partial charge in [0.25, 0.3) is 5.91 Å². The van der Waals surface area contributed by atoms with Crippen LogP contribution in [-0.4, -0.2) is 16.4 Å². The quantitative estimate of drug-likeness (QED) is 0.684. The van der Waals surface area contributed by atoms with Crippen LogP contribution in [0, 0.1) is 13.8 Å². The number of nitrogens with one attached hydrogen (secondary N) is 2. The van der Waals surface area contributed by atoms with Gasteiger partial charge in [-0.2, -0.15) is 0 Å². The molecule has 27 heavy (non-hydrogen) atoms. The van der Waals surface area contributed by atoms with Crippen molar-refractivity contribution in [2.24, 2.45) is 0 Å². The van der Waals surface area contributed by atoms with Crippen molar-refractivity contribution in [3.05, 3.63) is 89.2 Å². The molecule has 0 aliphatic carbocycles. The second-order valence-corrected chi connectivity index (χ2v) is 6.44. The molecule has 2 amide bonds. The first-order chi connectivity index (χ1) is 13.1. The number of amides is 2. The fourth-order valence-electron chi connectivity index (χ4n) is 3.13. The summed E-state index contributed by atoms with van der Waals surface area (Å²) in [6.07, 6.45) is 0.943. The zero-order valence-electron chi connectivity index (χ0n) is 15.5. The molecule has 0 saturated carbocycles. The van der Waals surface area contributed by atoms with Crippen molar-refractivity contribution in [1.82, 2.24) is 15.4 Å². The van der Waals surface area contributed by atoms with Gasteiger partial charge in [-0.1, -0.05) is 48.5 Å². The molecule has 0 atom stereocenters. The molecule has 0 aliphatic rings. The molecule has 2 aromatic carbocycles. The average molecular weight is 361 g/mol. The van der Waals surface area contributed by atoms with Gasteiger partial charge in [0.15, 0.2) is 0 Å². The fraction of sp³-hybridized carbons (Fsp3) is 0.182. The first kappa shape index (κ1) is 18.5. The summed E-state index contributed by atoms with van der Waals surface area (Å²) in [6.45, 7) is 3.85. The predicted octanol–water partition coefficient (Wildman–Crippen LogP) is 3.49. The number of hydrazine groups is 1. The molecule has 0 bridgehead atoms. The highest BCUT2D eigenvalue weighted by Gasteiger charge is 2.17. The Morgan fingerprint density at radius 1 is 0.889 bits per heavy atom. The van der Waals surface area contributed by atoms with Crippen LogP contribution < -0.4 is 10.9 Å². The number of para-hydroxylation sites is 1. The fourth-order valence-corrected chi connectivity index (χ4v) is 3.13. The summed E-state index contributed by atoms with van der Waals surface area (Å²) in [6, 6.07) is 21.5. The minimum Gasteiger partial charge on any atom is -0.318 e. The molecule has 138 valence electrons. The molecular weight excluding hydrogens is 338 g/mol. The van der Waals surface area contributed by atoms with E-state index in [4.69, 9.17) is 0 Å². The van der Waals surface area contributed by atoms with Crippen molar-refractivity contribution in [1.29, 1.82) is 0 Å². The molecule has 0 fully saturated rings. The first-order valence-corrected chi connectivity index (χ1v) is 8.93. The van der Waals surface area contributed by atoms with E-state index in [9.17, 15) is 9.59 Å². The van der Waals surface area contributed by atoms with Gasteiger partial charge in [-0.05, 0) is 44.0 Å². The maximum Gasteiger partial charge on any atom is 0.271 e. The van der Waals surface area contributed by atoms with Gasteiger partial charge in [0.2, 0.25) is 5.91 Å². The molecule has 0 radical (unpaired) electrons. The Balaban J connectivity index is 1.61. The molecule has 3 aromatic rings. The van der Waals surface area contributed by atoms with Gasteiger partial charge >= 0.3 is 0 Å². The molecule has 5 heteroatoms. The SMILES string of the molecule is Cc1cc(C(=O)NNC(=O)CCc2ccccc2)c(C)n1-c1ccccc1. The molecular formula is C22H23N3O2. The number of carbonyl (C=O) groups is 2. The van der Waals surface area contributed by atoms with E-state index in [1.165, 1.54) is 0 Å². The van der Waals surface area contributed by atoms with Crippen LogP contribution in [0.25, 0.3) is 5.69 Å². The predicted molar refractivity (Wildman–Crippen MR) is 106 cm³/mol. The second kappa shape index (κ2) is 8.36. The van der Waals surface area contributed by atoms with Crippen LogP contribution in [0.4, 0.5) is 0 Å². The first-order valence-electron chi connectivity index (χ1n) is 8.93. The summed E-state index contributed by atoms with van der Waals surface area (Å²) in [5.74, 6) is -0.539. The zero-order chi connectivity index (χ0) is 19.2. The number of aromatic nitrogens is 1. The number of hydrogen-bond acceptors (Lipinski definition) is 2. The number of benzene rings is 2. The monoisotopic (exact) mass is 361 g/mol. The van der Waals surface area contributed by atoms with E-state index in [-0.39, 0.29) is 11.8 Å². The Kier molecular flexibility index (Phi) is 5.71. The number of aryl methyl sites for hydroxylation is 2. The van der Waals surface area contributed by atoms with Crippen molar-refractivity contribution < 1.29 is 9.59 Å². The highest BCUT2D eigenvalue weighted by Crippen LogP contribution is 2.20. The summed E-state index contributed by atoms with van der Waals surface area (Å²) in [7, 11) is 0. The Morgan fingerprint density at radius 2 is 1.52 bits per heavy atom. The van der Waals surface area contributed by atoms with E-state index in [2.05, 4.69) is 10.9 Å².